The molecule has 0 bridgehead atoms. The van der Waals surface area contributed by atoms with Crippen LogP contribution < -0.4 is 4.74 Å². The van der Waals surface area contributed by atoms with Gasteiger partial charge in [0.1, 0.15) is 6.10 Å². The number of nitro benzene ring substituents is 1. The fourth-order valence-electron chi connectivity index (χ4n) is 2.13. The maximum atomic E-state index is 13.6. The molecule has 0 aromatic heterocycles. The van der Waals surface area contributed by atoms with Crippen LogP contribution in [0.1, 0.15) is 25.7 Å². The quantitative estimate of drug-likeness (QED) is 0.678. The Kier molecular flexibility index (Phi) is 3.94. The van der Waals surface area contributed by atoms with E-state index in [1.165, 1.54) is 0 Å². The Labute approximate surface area is 108 Å². The van der Waals surface area contributed by atoms with Gasteiger partial charge in [0, 0.05) is 6.07 Å². The summed E-state index contributed by atoms with van der Waals surface area (Å²) in [5.74, 6) is -2.58. The second-order valence-corrected chi connectivity index (χ2v) is 4.50. The van der Waals surface area contributed by atoms with Gasteiger partial charge in [0.25, 0.3) is 0 Å². The molecule has 0 saturated heterocycles. The molecular weight excluding hydrogens is 260 g/mol. The molecule has 0 radical (unpaired) electrons. The van der Waals surface area contributed by atoms with Crippen molar-refractivity contribution in [1.29, 1.82) is 0 Å². The fourth-order valence-corrected chi connectivity index (χ4v) is 2.13. The van der Waals surface area contributed by atoms with Crippen molar-refractivity contribution < 1.29 is 23.5 Å². The minimum Gasteiger partial charge on any atom is -0.485 e. The van der Waals surface area contributed by atoms with Crippen LogP contribution in [0.5, 0.6) is 5.75 Å². The van der Waals surface area contributed by atoms with Gasteiger partial charge in [-0.2, -0.15) is 4.39 Å². The zero-order valence-corrected chi connectivity index (χ0v) is 10.0. The van der Waals surface area contributed by atoms with Crippen LogP contribution in [0.2, 0.25) is 0 Å². The number of nitro groups is 1. The van der Waals surface area contributed by atoms with Gasteiger partial charge < -0.3 is 9.84 Å². The third-order valence-corrected chi connectivity index (χ3v) is 3.14. The molecule has 2 atom stereocenters. The number of nitrogens with zero attached hydrogens (tertiary/aromatic N) is 1. The van der Waals surface area contributed by atoms with E-state index in [0.717, 1.165) is 12.8 Å². The van der Waals surface area contributed by atoms with Crippen molar-refractivity contribution in [2.45, 2.75) is 37.9 Å². The van der Waals surface area contributed by atoms with E-state index in [4.69, 9.17) is 4.74 Å². The molecule has 1 aromatic carbocycles. The lowest BCUT2D eigenvalue weighted by molar-refractivity contribution is -0.387. The lowest BCUT2D eigenvalue weighted by Gasteiger charge is -2.28. The second kappa shape index (κ2) is 5.48. The number of halogens is 2. The van der Waals surface area contributed by atoms with Crippen molar-refractivity contribution in [3.05, 3.63) is 33.9 Å². The van der Waals surface area contributed by atoms with Crippen molar-refractivity contribution in [3.63, 3.8) is 0 Å². The maximum Gasteiger partial charge on any atom is 0.307 e. The number of hydrogen-bond donors (Lipinski definition) is 1. The number of benzene rings is 1. The second-order valence-electron chi connectivity index (χ2n) is 4.50. The molecule has 1 saturated carbocycles. The zero-order chi connectivity index (χ0) is 14.0. The summed E-state index contributed by atoms with van der Waals surface area (Å²) in [4.78, 5) is 9.44. The summed E-state index contributed by atoms with van der Waals surface area (Å²) in [7, 11) is 0. The molecule has 1 N–H and O–H groups in total. The van der Waals surface area contributed by atoms with Gasteiger partial charge in [-0.25, -0.2) is 4.39 Å². The summed E-state index contributed by atoms with van der Waals surface area (Å²) in [5.41, 5.74) is -0.936. The lowest BCUT2D eigenvalue weighted by atomic mass is 9.95. The van der Waals surface area contributed by atoms with E-state index in [9.17, 15) is 24.0 Å². The van der Waals surface area contributed by atoms with Crippen LogP contribution in [-0.4, -0.2) is 22.2 Å². The van der Waals surface area contributed by atoms with Gasteiger partial charge in [0.15, 0.2) is 11.6 Å². The molecule has 0 spiro atoms. The molecule has 19 heavy (non-hydrogen) atoms. The number of aliphatic hydroxyl groups excluding tert-OH is 1. The first kappa shape index (κ1) is 13.7. The van der Waals surface area contributed by atoms with Crippen molar-refractivity contribution in [2.75, 3.05) is 0 Å². The van der Waals surface area contributed by atoms with Crippen LogP contribution in [0, 0.1) is 21.7 Å². The maximum absolute atomic E-state index is 13.6. The van der Waals surface area contributed by atoms with Crippen LogP contribution in [0.25, 0.3) is 0 Å². The van der Waals surface area contributed by atoms with E-state index in [2.05, 4.69) is 0 Å². The summed E-state index contributed by atoms with van der Waals surface area (Å²) in [6.07, 6.45) is 1.44. The minimum atomic E-state index is -1.16. The average Bonchev–Trinajstić information content (AvgIpc) is 2.35. The molecule has 7 heteroatoms. The Bertz CT molecular complexity index is 495. The summed E-state index contributed by atoms with van der Waals surface area (Å²) in [5, 5.41) is 20.1. The third-order valence-electron chi connectivity index (χ3n) is 3.14. The van der Waals surface area contributed by atoms with Gasteiger partial charge in [-0.15, -0.1) is 0 Å². The molecule has 2 rings (SSSR count). The first-order valence-corrected chi connectivity index (χ1v) is 5.97. The molecule has 0 aliphatic heterocycles. The summed E-state index contributed by atoms with van der Waals surface area (Å²) < 4.78 is 32.2. The van der Waals surface area contributed by atoms with Gasteiger partial charge in [0.05, 0.1) is 17.1 Å². The van der Waals surface area contributed by atoms with E-state index >= 15 is 0 Å². The molecular formula is C12H13F2NO4. The zero-order valence-electron chi connectivity index (χ0n) is 10.0. The Balaban J connectivity index is 2.21. The number of rotatable bonds is 3. The van der Waals surface area contributed by atoms with Crippen LogP contribution in [-0.2, 0) is 0 Å². The smallest absolute Gasteiger partial charge is 0.307 e. The SMILES string of the molecule is O=[N+]([O-])c1cc(F)c(O[C@H]2CCCC[C@@H]2O)cc1F. The highest BCUT2D eigenvalue weighted by Gasteiger charge is 2.27. The highest BCUT2D eigenvalue weighted by molar-refractivity contribution is 5.39. The largest absolute Gasteiger partial charge is 0.485 e. The van der Waals surface area contributed by atoms with E-state index in [0.29, 0.717) is 25.0 Å². The summed E-state index contributed by atoms with van der Waals surface area (Å²) >= 11 is 0. The van der Waals surface area contributed by atoms with Crippen molar-refractivity contribution in [1.82, 2.24) is 0 Å². The first-order chi connectivity index (χ1) is 8.99. The molecule has 5 nitrogen and oxygen atoms in total. The Morgan fingerprint density at radius 2 is 1.95 bits per heavy atom. The van der Waals surface area contributed by atoms with Gasteiger partial charge in [-0.3, -0.25) is 10.1 Å². The van der Waals surface area contributed by atoms with Crippen LogP contribution in [0.3, 0.4) is 0 Å². The molecule has 1 aliphatic rings. The van der Waals surface area contributed by atoms with Gasteiger partial charge in [-0.1, -0.05) is 6.42 Å². The third kappa shape index (κ3) is 2.98. The number of aliphatic hydroxyl groups is 1. The first-order valence-electron chi connectivity index (χ1n) is 5.97. The Morgan fingerprint density at radius 3 is 2.58 bits per heavy atom. The molecule has 0 unspecified atom stereocenters. The molecule has 1 fully saturated rings. The van der Waals surface area contributed by atoms with E-state index in [-0.39, 0.29) is 0 Å². The standard InChI is InChI=1S/C12H13F2NO4/c13-7-6-12(8(14)5-9(7)15(17)18)19-11-4-2-1-3-10(11)16/h5-6,10-11,16H,1-4H2/t10-,11-/m0/s1. The fraction of sp³-hybridized carbons (Fsp3) is 0.500. The van der Waals surface area contributed by atoms with E-state index < -0.39 is 40.2 Å². The molecule has 0 heterocycles. The van der Waals surface area contributed by atoms with Crippen LogP contribution in [0.15, 0.2) is 12.1 Å². The van der Waals surface area contributed by atoms with Crippen LogP contribution >= 0.6 is 0 Å². The molecule has 104 valence electrons. The van der Waals surface area contributed by atoms with Crippen molar-refractivity contribution in [2.24, 2.45) is 0 Å². The normalized spacial score (nSPS) is 23.1. The van der Waals surface area contributed by atoms with Crippen molar-refractivity contribution >= 4 is 5.69 Å². The number of ether oxygens (including phenoxy) is 1. The Morgan fingerprint density at radius 1 is 1.26 bits per heavy atom. The lowest BCUT2D eigenvalue weighted by Crippen LogP contribution is -2.34. The van der Waals surface area contributed by atoms with Crippen LogP contribution in [0.4, 0.5) is 14.5 Å². The van der Waals surface area contributed by atoms with Gasteiger partial charge in [-0.05, 0) is 19.3 Å². The predicted molar refractivity (Wildman–Crippen MR) is 61.9 cm³/mol. The molecule has 1 aromatic rings. The van der Waals surface area contributed by atoms with Crippen molar-refractivity contribution in [3.8, 4) is 5.75 Å². The van der Waals surface area contributed by atoms with Gasteiger partial charge >= 0.3 is 5.69 Å². The van der Waals surface area contributed by atoms with E-state index in [1.54, 1.807) is 0 Å². The minimum absolute atomic E-state index is 0.408. The van der Waals surface area contributed by atoms with E-state index in [1.807, 2.05) is 0 Å². The Hall–Kier alpha value is -1.76. The predicted octanol–water partition coefficient (Wildman–Crippen LogP) is 2.56. The van der Waals surface area contributed by atoms with Gasteiger partial charge in [0.2, 0.25) is 5.82 Å². The molecule has 0 amide bonds. The molecule has 1 aliphatic carbocycles. The summed E-state index contributed by atoms with van der Waals surface area (Å²) in [6.45, 7) is 0. The average molecular weight is 273 g/mol. The highest BCUT2D eigenvalue weighted by Crippen LogP contribution is 2.30. The monoisotopic (exact) mass is 273 g/mol. The topological polar surface area (TPSA) is 72.6 Å². The number of hydrogen-bond acceptors (Lipinski definition) is 4. The highest BCUT2D eigenvalue weighted by atomic mass is 19.1. The summed E-state index contributed by atoms with van der Waals surface area (Å²) in [6, 6.07) is 1.13.